The second-order valence-electron chi connectivity index (χ2n) is 8.89. The minimum atomic E-state index is 0.0136. The normalized spacial score (nSPS) is 15.4. The Labute approximate surface area is 211 Å². The minimum Gasteiger partial charge on any atom is -0.495 e. The number of amides is 1. The van der Waals surface area contributed by atoms with E-state index in [1.54, 1.807) is 14.2 Å². The van der Waals surface area contributed by atoms with Crippen LogP contribution in [0.1, 0.15) is 31.0 Å². The number of benzene rings is 3. The lowest BCUT2D eigenvalue weighted by atomic mass is 10.1. The third-order valence-electron chi connectivity index (χ3n) is 6.65. The molecule has 7 nitrogen and oxygen atoms in total. The van der Waals surface area contributed by atoms with Gasteiger partial charge in [-0.05, 0) is 49.2 Å². The molecule has 0 bridgehead atoms. The number of fused-ring (bicyclic) bond motifs is 1. The van der Waals surface area contributed by atoms with Crippen molar-refractivity contribution in [2.24, 2.45) is 0 Å². The predicted octanol–water partition coefficient (Wildman–Crippen LogP) is 5.43. The standard InChI is InChI=1S/C29H31N3O4/c1-34-25-14-6-5-13-24(25)32-20-21(19-28(32)33)29-30-22-11-3-4-12-23(22)31(29)17-9-10-18-36-27-16-8-7-15-26(27)35-2/h3-8,11-16,21H,9-10,17-20H2,1-2H3. The van der Waals surface area contributed by atoms with Crippen LogP contribution in [0.25, 0.3) is 11.0 Å². The summed E-state index contributed by atoms with van der Waals surface area (Å²) in [6.45, 7) is 2.00. The molecule has 1 atom stereocenters. The van der Waals surface area contributed by atoms with Crippen LogP contribution in [-0.4, -0.2) is 42.8 Å². The molecule has 7 heteroatoms. The van der Waals surface area contributed by atoms with Gasteiger partial charge in [0.05, 0.1) is 37.5 Å². The van der Waals surface area contributed by atoms with Crippen LogP contribution in [0, 0.1) is 0 Å². The number of carbonyl (C=O) groups excluding carboxylic acids is 1. The van der Waals surface area contributed by atoms with Crippen molar-refractivity contribution in [3.63, 3.8) is 0 Å². The van der Waals surface area contributed by atoms with Gasteiger partial charge in [-0.2, -0.15) is 0 Å². The first kappa shape index (κ1) is 23.7. The molecule has 186 valence electrons. The van der Waals surface area contributed by atoms with Gasteiger partial charge in [0.1, 0.15) is 11.6 Å². The summed E-state index contributed by atoms with van der Waals surface area (Å²) >= 11 is 0. The van der Waals surface area contributed by atoms with Gasteiger partial charge in [0, 0.05) is 25.4 Å². The molecule has 0 spiro atoms. The first-order valence-corrected chi connectivity index (χ1v) is 12.3. The number of aryl methyl sites for hydroxylation is 1. The molecule has 36 heavy (non-hydrogen) atoms. The van der Waals surface area contributed by atoms with Gasteiger partial charge in [-0.3, -0.25) is 4.79 Å². The summed E-state index contributed by atoms with van der Waals surface area (Å²) in [4.78, 5) is 19.8. The largest absolute Gasteiger partial charge is 0.495 e. The third kappa shape index (κ3) is 4.73. The molecule has 4 aromatic rings. The van der Waals surface area contributed by atoms with E-state index in [4.69, 9.17) is 19.2 Å². The zero-order chi connectivity index (χ0) is 24.9. The average Bonchev–Trinajstić information content (AvgIpc) is 3.49. The molecular weight excluding hydrogens is 454 g/mol. The van der Waals surface area contributed by atoms with Gasteiger partial charge in [0.25, 0.3) is 0 Å². The van der Waals surface area contributed by atoms with Crippen molar-refractivity contribution in [3.05, 3.63) is 78.6 Å². The van der Waals surface area contributed by atoms with Crippen molar-refractivity contribution in [1.29, 1.82) is 0 Å². The van der Waals surface area contributed by atoms with Gasteiger partial charge in [0.15, 0.2) is 11.5 Å². The summed E-state index contributed by atoms with van der Waals surface area (Å²) in [6, 6.07) is 23.5. The Balaban J connectivity index is 1.30. The second kappa shape index (κ2) is 10.7. The highest BCUT2D eigenvalue weighted by molar-refractivity contribution is 5.97. The van der Waals surface area contributed by atoms with Gasteiger partial charge in [-0.1, -0.05) is 36.4 Å². The number of carbonyl (C=O) groups is 1. The molecule has 5 rings (SSSR count). The third-order valence-corrected chi connectivity index (χ3v) is 6.65. The monoisotopic (exact) mass is 485 g/mol. The maximum absolute atomic E-state index is 13.0. The van der Waals surface area contributed by atoms with Crippen LogP contribution in [0.5, 0.6) is 17.2 Å². The van der Waals surface area contributed by atoms with Crippen LogP contribution < -0.4 is 19.1 Å². The van der Waals surface area contributed by atoms with Crippen molar-refractivity contribution in [2.45, 2.75) is 31.7 Å². The Bertz CT molecular complexity index is 1350. The first-order valence-electron chi connectivity index (χ1n) is 12.3. The molecule has 1 amide bonds. The summed E-state index contributed by atoms with van der Waals surface area (Å²) in [5.74, 6) is 3.27. The predicted molar refractivity (Wildman–Crippen MR) is 140 cm³/mol. The lowest BCUT2D eigenvalue weighted by Crippen LogP contribution is -2.25. The van der Waals surface area contributed by atoms with Gasteiger partial charge in [0.2, 0.25) is 5.91 Å². The molecule has 2 heterocycles. The van der Waals surface area contributed by atoms with E-state index in [0.717, 1.165) is 53.4 Å². The molecule has 0 saturated carbocycles. The summed E-state index contributed by atoms with van der Waals surface area (Å²) in [5.41, 5.74) is 2.87. The first-order chi connectivity index (χ1) is 17.7. The van der Waals surface area contributed by atoms with Crippen LogP contribution in [0.4, 0.5) is 5.69 Å². The second-order valence-corrected chi connectivity index (χ2v) is 8.89. The molecule has 1 aliphatic rings. The highest BCUT2D eigenvalue weighted by atomic mass is 16.5. The average molecular weight is 486 g/mol. The van der Waals surface area contributed by atoms with Crippen LogP contribution in [0.2, 0.25) is 0 Å². The van der Waals surface area contributed by atoms with Gasteiger partial charge in [-0.15, -0.1) is 0 Å². The number of nitrogens with zero attached hydrogens (tertiary/aromatic N) is 3. The number of hydrogen-bond donors (Lipinski definition) is 0. The minimum absolute atomic E-state index is 0.0136. The van der Waals surface area contributed by atoms with E-state index in [9.17, 15) is 4.79 Å². The summed E-state index contributed by atoms with van der Waals surface area (Å²) in [5, 5.41) is 0. The molecule has 1 fully saturated rings. The van der Waals surface area contributed by atoms with E-state index in [2.05, 4.69) is 10.6 Å². The number of methoxy groups -OCH3 is 2. The van der Waals surface area contributed by atoms with Gasteiger partial charge in [-0.25, -0.2) is 4.98 Å². The van der Waals surface area contributed by atoms with E-state index in [1.807, 2.05) is 71.6 Å². The van der Waals surface area contributed by atoms with Crippen molar-refractivity contribution < 1.29 is 19.0 Å². The molecule has 0 radical (unpaired) electrons. The fourth-order valence-electron chi connectivity index (χ4n) is 4.90. The van der Waals surface area contributed by atoms with Crippen LogP contribution in [0.3, 0.4) is 0 Å². The number of unbranched alkanes of at least 4 members (excludes halogenated alkanes) is 1. The Kier molecular flexibility index (Phi) is 7.07. The fraction of sp³-hybridized carbons (Fsp3) is 0.310. The number of imidazole rings is 1. The van der Waals surface area contributed by atoms with E-state index in [1.165, 1.54) is 0 Å². The van der Waals surface area contributed by atoms with E-state index in [0.29, 0.717) is 25.3 Å². The number of aromatic nitrogens is 2. The van der Waals surface area contributed by atoms with E-state index >= 15 is 0 Å². The highest BCUT2D eigenvalue weighted by Gasteiger charge is 2.35. The lowest BCUT2D eigenvalue weighted by Gasteiger charge is -2.20. The Hall–Kier alpha value is -4.00. The number of rotatable bonds is 10. The fourth-order valence-corrected chi connectivity index (χ4v) is 4.90. The molecule has 1 aromatic heterocycles. The van der Waals surface area contributed by atoms with Crippen molar-refractivity contribution in [1.82, 2.24) is 9.55 Å². The molecule has 1 aliphatic heterocycles. The quantitative estimate of drug-likeness (QED) is 0.280. The molecule has 1 unspecified atom stereocenters. The Morgan fingerprint density at radius 3 is 2.36 bits per heavy atom. The lowest BCUT2D eigenvalue weighted by molar-refractivity contribution is -0.117. The summed E-state index contributed by atoms with van der Waals surface area (Å²) < 4.78 is 19.1. The van der Waals surface area contributed by atoms with Crippen molar-refractivity contribution in [2.75, 3.05) is 32.3 Å². The SMILES string of the molecule is COc1ccccc1OCCCCn1c(C2CC(=O)N(c3ccccc3OC)C2)nc2ccccc21. The van der Waals surface area contributed by atoms with Crippen molar-refractivity contribution in [3.8, 4) is 17.2 Å². The van der Waals surface area contributed by atoms with Gasteiger partial charge < -0.3 is 23.7 Å². The molecule has 0 aliphatic carbocycles. The smallest absolute Gasteiger partial charge is 0.227 e. The molecule has 1 saturated heterocycles. The molecule has 3 aromatic carbocycles. The van der Waals surface area contributed by atoms with E-state index in [-0.39, 0.29) is 11.8 Å². The Morgan fingerprint density at radius 1 is 0.861 bits per heavy atom. The topological polar surface area (TPSA) is 65.8 Å². The zero-order valence-corrected chi connectivity index (χ0v) is 20.7. The summed E-state index contributed by atoms with van der Waals surface area (Å²) in [7, 11) is 3.28. The van der Waals surface area contributed by atoms with Crippen LogP contribution in [0.15, 0.2) is 72.8 Å². The number of hydrogen-bond acceptors (Lipinski definition) is 5. The Morgan fingerprint density at radius 2 is 1.56 bits per heavy atom. The van der Waals surface area contributed by atoms with E-state index < -0.39 is 0 Å². The zero-order valence-electron chi connectivity index (χ0n) is 20.7. The highest BCUT2D eigenvalue weighted by Crippen LogP contribution is 2.37. The van der Waals surface area contributed by atoms with Gasteiger partial charge >= 0.3 is 0 Å². The van der Waals surface area contributed by atoms with Crippen LogP contribution in [-0.2, 0) is 11.3 Å². The molecule has 0 N–H and O–H groups in total. The number of para-hydroxylation sites is 6. The maximum atomic E-state index is 13.0. The summed E-state index contributed by atoms with van der Waals surface area (Å²) in [6.07, 6.45) is 2.25. The maximum Gasteiger partial charge on any atom is 0.227 e. The number of anilines is 1. The van der Waals surface area contributed by atoms with Crippen LogP contribution >= 0.6 is 0 Å². The molecular formula is C29H31N3O4. The number of ether oxygens (including phenoxy) is 3. The van der Waals surface area contributed by atoms with Crippen molar-refractivity contribution >= 4 is 22.6 Å².